The minimum absolute atomic E-state index is 0.290. The summed E-state index contributed by atoms with van der Waals surface area (Å²) in [6.45, 7) is 13.7. The van der Waals surface area contributed by atoms with Crippen LogP contribution in [0.2, 0.25) is 18.1 Å². The number of benzene rings is 1. The Kier molecular flexibility index (Phi) is 4.67. The smallest absolute Gasteiger partial charge is 0.192 e. The Labute approximate surface area is 132 Å². The summed E-state index contributed by atoms with van der Waals surface area (Å²) in [5.41, 5.74) is 1.30. The molecule has 0 saturated carbocycles. The Bertz CT molecular complexity index is 453. The van der Waals surface area contributed by atoms with Gasteiger partial charge in [-0.2, -0.15) is 0 Å². The van der Waals surface area contributed by atoms with Crippen LogP contribution in [0, 0.1) is 0 Å². The molecule has 0 N–H and O–H groups in total. The highest BCUT2D eigenvalue weighted by Gasteiger charge is 2.40. The van der Waals surface area contributed by atoms with Crippen molar-refractivity contribution in [2.24, 2.45) is 0 Å². The van der Waals surface area contributed by atoms with E-state index in [0.29, 0.717) is 6.10 Å². The normalized spacial score (nSPS) is 20.5. The van der Waals surface area contributed by atoms with Crippen molar-refractivity contribution >= 4 is 29.9 Å². The molecule has 4 heteroatoms. The lowest BCUT2D eigenvalue weighted by Crippen LogP contribution is -2.44. The molecule has 0 aromatic heterocycles. The van der Waals surface area contributed by atoms with Gasteiger partial charge in [0.2, 0.25) is 0 Å². The molecule has 1 aromatic rings. The summed E-state index contributed by atoms with van der Waals surface area (Å²) >= 11 is 3.49. The fourth-order valence-electron chi connectivity index (χ4n) is 2.30. The van der Waals surface area contributed by atoms with Gasteiger partial charge in [-0.15, -0.1) is 0 Å². The van der Waals surface area contributed by atoms with Crippen LogP contribution >= 0.6 is 15.9 Å². The number of rotatable bonds is 3. The van der Waals surface area contributed by atoms with Crippen LogP contribution in [0.1, 0.15) is 27.2 Å². The Morgan fingerprint density at radius 1 is 1.20 bits per heavy atom. The number of hydrogen-bond acceptors (Lipinski definition) is 2. The van der Waals surface area contributed by atoms with Crippen molar-refractivity contribution in [2.75, 3.05) is 18.0 Å². The largest absolute Gasteiger partial charge is 0.412 e. The molecule has 0 radical (unpaired) electrons. The van der Waals surface area contributed by atoms with Gasteiger partial charge >= 0.3 is 0 Å². The highest BCUT2D eigenvalue weighted by molar-refractivity contribution is 9.10. The monoisotopic (exact) mass is 355 g/mol. The average molecular weight is 356 g/mol. The predicted molar refractivity (Wildman–Crippen MR) is 93.0 cm³/mol. The summed E-state index contributed by atoms with van der Waals surface area (Å²) in [6, 6.07) is 8.58. The molecule has 0 amide bonds. The third kappa shape index (κ3) is 3.65. The second-order valence-electron chi connectivity index (χ2n) is 7.21. The van der Waals surface area contributed by atoms with Crippen molar-refractivity contribution in [1.29, 1.82) is 0 Å². The molecule has 1 aromatic carbocycles. The Morgan fingerprint density at radius 2 is 1.80 bits per heavy atom. The summed E-state index contributed by atoms with van der Waals surface area (Å²) in [5, 5.41) is 0.290. The van der Waals surface area contributed by atoms with Gasteiger partial charge in [0, 0.05) is 23.2 Å². The quantitative estimate of drug-likeness (QED) is 0.703. The topological polar surface area (TPSA) is 12.5 Å². The molecule has 2 rings (SSSR count). The van der Waals surface area contributed by atoms with Gasteiger partial charge < -0.3 is 9.33 Å². The fraction of sp³-hybridized carbons (Fsp3) is 0.625. The van der Waals surface area contributed by atoms with E-state index < -0.39 is 8.32 Å². The molecule has 1 fully saturated rings. The lowest BCUT2D eigenvalue weighted by atomic mass is 10.2. The molecule has 20 heavy (non-hydrogen) atoms. The van der Waals surface area contributed by atoms with E-state index in [4.69, 9.17) is 4.43 Å². The van der Waals surface area contributed by atoms with Gasteiger partial charge in [0.15, 0.2) is 8.32 Å². The van der Waals surface area contributed by atoms with E-state index in [1.165, 1.54) is 5.69 Å². The van der Waals surface area contributed by atoms with E-state index in [0.717, 1.165) is 24.0 Å². The summed E-state index contributed by atoms with van der Waals surface area (Å²) in [5.74, 6) is 0. The Hall–Kier alpha value is -0.323. The molecule has 1 heterocycles. The molecule has 0 unspecified atom stereocenters. The van der Waals surface area contributed by atoms with Gasteiger partial charge in [-0.3, -0.25) is 0 Å². The van der Waals surface area contributed by atoms with Crippen molar-refractivity contribution < 1.29 is 4.43 Å². The summed E-state index contributed by atoms with van der Waals surface area (Å²) in [4.78, 5) is 2.43. The van der Waals surface area contributed by atoms with E-state index in [1.54, 1.807) is 0 Å². The van der Waals surface area contributed by atoms with Gasteiger partial charge in [-0.25, -0.2) is 0 Å². The summed E-state index contributed by atoms with van der Waals surface area (Å²) in [6.07, 6.45) is 1.53. The minimum Gasteiger partial charge on any atom is -0.412 e. The van der Waals surface area contributed by atoms with Crippen LogP contribution in [-0.4, -0.2) is 27.5 Å². The van der Waals surface area contributed by atoms with Crippen LogP contribution < -0.4 is 4.90 Å². The van der Waals surface area contributed by atoms with E-state index in [1.807, 2.05) is 0 Å². The highest BCUT2D eigenvalue weighted by atomic mass is 79.9. The third-order valence-electron chi connectivity index (χ3n) is 4.60. The second kappa shape index (κ2) is 5.82. The molecule has 112 valence electrons. The van der Waals surface area contributed by atoms with Crippen LogP contribution in [0.5, 0.6) is 0 Å². The van der Waals surface area contributed by atoms with Crippen molar-refractivity contribution in [3.8, 4) is 0 Å². The molecule has 2 nitrogen and oxygen atoms in total. The summed E-state index contributed by atoms with van der Waals surface area (Å²) in [7, 11) is -1.64. The van der Waals surface area contributed by atoms with Crippen LogP contribution in [-0.2, 0) is 4.43 Å². The van der Waals surface area contributed by atoms with E-state index in [-0.39, 0.29) is 5.04 Å². The standard InChI is InChI=1S/C16H26BrNOSi/c1-16(2,3)20(4,5)19-15-10-11-18(12-15)14-8-6-13(17)7-9-14/h6-9,15H,10-12H2,1-5H3/t15-/m0/s1. The molecule has 0 spiro atoms. The van der Waals surface area contributed by atoms with Gasteiger partial charge in [-0.05, 0) is 48.8 Å². The first-order valence-electron chi connectivity index (χ1n) is 7.37. The lowest BCUT2D eigenvalue weighted by Gasteiger charge is -2.38. The number of nitrogens with zero attached hydrogens (tertiary/aromatic N) is 1. The van der Waals surface area contributed by atoms with E-state index >= 15 is 0 Å². The highest BCUT2D eigenvalue weighted by Crippen LogP contribution is 2.38. The number of halogens is 1. The zero-order valence-electron chi connectivity index (χ0n) is 13.2. The van der Waals surface area contributed by atoms with Crippen molar-refractivity contribution in [3.05, 3.63) is 28.7 Å². The molecular formula is C16H26BrNOSi. The number of anilines is 1. The van der Waals surface area contributed by atoms with E-state index in [2.05, 4.69) is 79.0 Å². The van der Waals surface area contributed by atoms with E-state index in [9.17, 15) is 0 Å². The van der Waals surface area contributed by atoms with Crippen molar-refractivity contribution in [1.82, 2.24) is 0 Å². The molecule has 0 bridgehead atoms. The number of hydrogen-bond donors (Lipinski definition) is 0. The zero-order chi connectivity index (χ0) is 15.0. The maximum atomic E-state index is 6.53. The molecule has 1 aliphatic rings. The van der Waals surface area contributed by atoms with Crippen molar-refractivity contribution in [2.45, 2.75) is 51.4 Å². The lowest BCUT2D eigenvalue weighted by molar-refractivity contribution is 0.202. The Morgan fingerprint density at radius 3 is 2.35 bits per heavy atom. The van der Waals surface area contributed by atoms with Gasteiger partial charge in [0.1, 0.15) is 0 Å². The average Bonchev–Trinajstić information content (AvgIpc) is 2.76. The van der Waals surface area contributed by atoms with Crippen molar-refractivity contribution in [3.63, 3.8) is 0 Å². The fourth-order valence-corrected chi connectivity index (χ4v) is 3.95. The zero-order valence-corrected chi connectivity index (χ0v) is 15.8. The third-order valence-corrected chi connectivity index (χ3v) is 9.67. The van der Waals surface area contributed by atoms with Crippen LogP contribution in [0.25, 0.3) is 0 Å². The van der Waals surface area contributed by atoms with Gasteiger partial charge in [0.25, 0.3) is 0 Å². The Balaban J connectivity index is 1.98. The first-order chi connectivity index (χ1) is 9.19. The van der Waals surface area contributed by atoms with Crippen LogP contribution in [0.4, 0.5) is 5.69 Å². The molecule has 1 atom stereocenters. The molecule has 1 aliphatic heterocycles. The van der Waals surface area contributed by atoms with Gasteiger partial charge in [-0.1, -0.05) is 36.7 Å². The SMILES string of the molecule is CC(C)(C)[Si](C)(C)O[C@H]1CCN(c2ccc(Br)cc2)C1. The first-order valence-corrected chi connectivity index (χ1v) is 11.1. The predicted octanol–water partition coefficient (Wildman–Crippen LogP) is 5.05. The minimum atomic E-state index is -1.64. The van der Waals surface area contributed by atoms with Gasteiger partial charge in [0.05, 0.1) is 6.10 Å². The molecule has 0 aliphatic carbocycles. The maximum absolute atomic E-state index is 6.53. The molecule has 1 saturated heterocycles. The van der Waals surface area contributed by atoms with Crippen LogP contribution in [0.15, 0.2) is 28.7 Å². The van der Waals surface area contributed by atoms with Crippen LogP contribution in [0.3, 0.4) is 0 Å². The molecular weight excluding hydrogens is 330 g/mol. The second-order valence-corrected chi connectivity index (χ2v) is 12.9. The summed E-state index contributed by atoms with van der Waals surface area (Å²) < 4.78 is 7.66. The first kappa shape index (κ1) is 16.1. The maximum Gasteiger partial charge on any atom is 0.192 e.